The summed E-state index contributed by atoms with van der Waals surface area (Å²) in [5.74, 6) is -0.904. The predicted octanol–water partition coefficient (Wildman–Crippen LogP) is 8.91. The molecule has 4 N–H and O–H groups in total. The topological polar surface area (TPSA) is 207 Å². The molecule has 7 aromatic rings. The predicted molar refractivity (Wildman–Crippen MR) is 277 cm³/mol. The molecule has 5 aliphatic heterocycles. The van der Waals surface area contributed by atoms with E-state index in [2.05, 4.69) is 36.6 Å². The van der Waals surface area contributed by atoms with Gasteiger partial charge in [0.15, 0.2) is 0 Å². The highest BCUT2D eigenvalue weighted by atomic mass is 32.1. The number of alkyl carbamates (subject to hydrolysis) is 2. The van der Waals surface area contributed by atoms with E-state index in [-0.39, 0.29) is 49.1 Å². The number of halogens is 3. The molecule has 0 spiro atoms. The van der Waals surface area contributed by atoms with Crippen LogP contribution in [0.5, 0.6) is 5.75 Å². The molecule has 12 rings (SSSR count). The molecule has 22 heteroatoms. The second-order valence-electron chi connectivity index (χ2n) is 20.3. The summed E-state index contributed by atoms with van der Waals surface area (Å²) in [6.45, 7) is 1.37. The number of benzene rings is 3. The molecule has 402 valence electrons. The molecule has 0 aliphatic carbocycles. The summed E-state index contributed by atoms with van der Waals surface area (Å²) in [5, 5.41) is 7.19. The van der Waals surface area contributed by atoms with E-state index in [0.717, 1.165) is 31.4 Å². The number of nitrogens with one attached hydrogen (secondary N) is 4. The molecule has 0 radical (unpaired) electrons. The number of thiophene rings is 1. The number of carbonyl (C=O) groups excluding carboxylic acids is 4. The van der Waals surface area contributed by atoms with Crippen LogP contribution < -0.4 is 15.4 Å². The first-order valence-electron chi connectivity index (χ1n) is 25.9. The number of fused-ring (bicyclic) bond motifs is 6. The molecular weight excluding hydrogens is 1020 g/mol. The van der Waals surface area contributed by atoms with Crippen molar-refractivity contribution in [2.24, 2.45) is 11.8 Å². The minimum Gasteiger partial charge on any atom is -0.464 e. The van der Waals surface area contributed by atoms with Gasteiger partial charge in [0.2, 0.25) is 18.0 Å². The molecule has 4 aromatic heterocycles. The Morgan fingerprint density at radius 3 is 1.86 bits per heavy atom. The number of alkyl halides is 2. The number of carbonyl (C=O) groups is 4. The summed E-state index contributed by atoms with van der Waals surface area (Å²) >= 11 is 1.57. The number of rotatable bonds is 11. The zero-order valence-corrected chi connectivity index (χ0v) is 43.0. The van der Waals surface area contributed by atoms with Gasteiger partial charge in [-0.25, -0.2) is 32.7 Å². The van der Waals surface area contributed by atoms with Crippen LogP contribution in [0.1, 0.15) is 73.4 Å². The van der Waals surface area contributed by atoms with Crippen LogP contribution in [-0.2, 0) is 28.5 Å². The first-order valence-corrected chi connectivity index (χ1v) is 26.7. The summed E-state index contributed by atoms with van der Waals surface area (Å²) in [7, 11) is 2.45. The van der Waals surface area contributed by atoms with Gasteiger partial charge in [0.05, 0.1) is 84.8 Å². The lowest BCUT2D eigenvalue weighted by atomic mass is 9.90. The summed E-state index contributed by atoms with van der Waals surface area (Å²) in [6.07, 6.45) is 0.423. The van der Waals surface area contributed by atoms with Crippen molar-refractivity contribution in [1.29, 1.82) is 0 Å². The Hall–Kier alpha value is -7.43. The van der Waals surface area contributed by atoms with Crippen LogP contribution in [0.25, 0.3) is 54.8 Å². The molecular formula is C55H56F3N9O9S. The van der Waals surface area contributed by atoms with Crippen molar-refractivity contribution in [2.45, 2.75) is 81.3 Å². The fourth-order valence-electron chi connectivity index (χ4n) is 11.9. The van der Waals surface area contributed by atoms with E-state index >= 15 is 13.2 Å². The molecule has 0 bridgehead atoms. The van der Waals surface area contributed by atoms with Crippen molar-refractivity contribution in [3.8, 4) is 39.5 Å². The number of H-pyrrole nitrogens is 2. The number of likely N-dealkylation sites (tertiary alicyclic amines) is 2. The largest absolute Gasteiger partial charge is 0.464 e. The molecule has 9 heterocycles. The van der Waals surface area contributed by atoms with Crippen LogP contribution in [0.2, 0.25) is 0 Å². The van der Waals surface area contributed by atoms with Gasteiger partial charge in [0.25, 0.3) is 0 Å². The van der Waals surface area contributed by atoms with Gasteiger partial charge in [-0.3, -0.25) is 14.2 Å². The van der Waals surface area contributed by atoms with Crippen LogP contribution in [0.15, 0.2) is 79.1 Å². The van der Waals surface area contributed by atoms with Crippen LogP contribution in [-0.4, -0.2) is 136 Å². The Bertz CT molecular complexity index is 3350. The monoisotopic (exact) mass is 1080 g/mol. The summed E-state index contributed by atoms with van der Waals surface area (Å²) in [6, 6.07) is 17.6. The van der Waals surface area contributed by atoms with Crippen LogP contribution in [0.3, 0.4) is 0 Å². The Morgan fingerprint density at radius 1 is 0.714 bits per heavy atom. The van der Waals surface area contributed by atoms with Gasteiger partial charge >= 0.3 is 12.2 Å². The molecule has 3 aromatic carbocycles. The number of imidazole rings is 2. The van der Waals surface area contributed by atoms with Crippen molar-refractivity contribution in [3.63, 3.8) is 0 Å². The van der Waals surface area contributed by atoms with E-state index in [4.69, 9.17) is 23.7 Å². The van der Waals surface area contributed by atoms with E-state index in [0.29, 0.717) is 86.4 Å². The van der Waals surface area contributed by atoms with E-state index < -0.39 is 72.6 Å². The van der Waals surface area contributed by atoms with Gasteiger partial charge in [0.1, 0.15) is 47.6 Å². The van der Waals surface area contributed by atoms with Crippen molar-refractivity contribution < 1.29 is 56.0 Å². The standard InChI is InChI=1S/C55H56F3N9O9S/c1-72-54(70)63-47(28-9-13-74-14-10-28)51(68)65-26-34(56)22-41(65)49-59-24-37(61-49)30-7-8-39-33(17-30)19-40-46-36(58)18-32(20-43(46)76-53(67(39)40)45-21-31-5-3-4-6-44(31)77-45)38-25-60-50(62-38)42-23-35(57)27-66(42)52(69)48(64-55(71)73-2)29-11-15-75-16-12-29/h3-8,17-21,24-25,28-29,34-35,41-42,47-48,53H,9-16,22-23,26-27H2,1-2H3,(H,59,61)(H,60,62)(H,63,70)(H,64,71)/t34-,35-,41+,42+,47+,48+,53?/m1/s1. The molecule has 0 saturated carbocycles. The van der Waals surface area contributed by atoms with E-state index in [1.54, 1.807) is 23.6 Å². The Balaban J connectivity index is 0.860. The fourth-order valence-corrected chi connectivity index (χ4v) is 13.0. The van der Waals surface area contributed by atoms with E-state index in [1.165, 1.54) is 36.3 Å². The van der Waals surface area contributed by atoms with E-state index in [9.17, 15) is 19.2 Å². The van der Waals surface area contributed by atoms with Gasteiger partial charge in [-0.1, -0.05) is 24.3 Å². The highest BCUT2D eigenvalue weighted by Gasteiger charge is 2.45. The number of nitrogens with zero attached hydrogens (tertiary/aromatic N) is 5. The van der Waals surface area contributed by atoms with Gasteiger partial charge < -0.3 is 54.1 Å². The van der Waals surface area contributed by atoms with Crippen molar-refractivity contribution in [1.82, 2.24) is 44.9 Å². The summed E-state index contributed by atoms with van der Waals surface area (Å²) in [4.78, 5) is 73.0. The Morgan fingerprint density at radius 2 is 1.29 bits per heavy atom. The summed E-state index contributed by atoms with van der Waals surface area (Å²) < 4.78 is 78.5. The van der Waals surface area contributed by atoms with Gasteiger partial charge in [-0.2, -0.15) is 0 Å². The highest BCUT2D eigenvalue weighted by Crippen LogP contribution is 2.49. The number of aromatic nitrogens is 5. The van der Waals surface area contributed by atoms with Gasteiger partial charge in [0, 0.05) is 60.5 Å². The second-order valence-corrected chi connectivity index (χ2v) is 21.4. The lowest BCUT2D eigenvalue weighted by molar-refractivity contribution is -0.137. The second kappa shape index (κ2) is 20.8. The molecule has 4 amide bonds. The first kappa shape index (κ1) is 50.4. The normalized spacial score (nSPS) is 22.6. The smallest absolute Gasteiger partial charge is 0.407 e. The van der Waals surface area contributed by atoms with Crippen LogP contribution in [0, 0.1) is 17.7 Å². The molecule has 18 nitrogen and oxygen atoms in total. The molecule has 4 fully saturated rings. The number of hydrogen-bond acceptors (Lipinski definition) is 12. The van der Waals surface area contributed by atoms with Gasteiger partial charge in [-0.05, 0) is 85.4 Å². The minimum absolute atomic E-state index is 0.0187. The third-order valence-corrected chi connectivity index (χ3v) is 16.9. The first-order chi connectivity index (χ1) is 37.4. The number of methoxy groups -OCH3 is 2. The van der Waals surface area contributed by atoms with Crippen molar-refractivity contribution in [2.75, 3.05) is 53.7 Å². The third kappa shape index (κ3) is 9.53. The Kier molecular flexibility index (Phi) is 13.6. The number of amides is 4. The third-order valence-electron chi connectivity index (χ3n) is 15.7. The molecule has 5 aliphatic rings. The Labute approximate surface area is 443 Å². The van der Waals surface area contributed by atoms with Crippen LogP contribution >= 0.6 is 11.3 Å². The minimum atomic E-state index is -1.35. The highest BCUT2D eigenvalue weighted by molar-refractivity contribution is 7.19. The van der Waals surface area contributed by atoms with Crippen molar-refractivity contribution in [3.05, 3.63) is 101 Å². The van der Waals surface area contributed by atoms with E-state index in [1.807, 2.05) is 53.1 Å². The molecule has 1 unspecified atom stereocenters. The van der Waals surface area contributed by atoms with Crippen LogP contribution in [0.4, 0.5) is 22.8 Å². The number of ether oxygens (including phenoxy) is 5. The zero-order chi connectivity index (χ0) is 53.1. The molecule has 4 saturated heterocycles. The molecule has 77 heavy (non-hydrogen) atoms. The maximum Gasteiger partial charge on any atom is 0.407 e. The zero-order valence-electron chi connectivity index (χ0n) is 42.1. The summed E-state index contributed by atoms with van der Waals surface area (Å²) in [5.41, 5.74) is 3.78. The maximum absolute atomic E-state index is 17.1. The number of hydrogen-bond donors (Lipinski definition) is 4. The van der Waals surface area contributed by atoms with Crippen molar-refractivity contribution >= 4 is 56.3 Å². The lowest BCUT2D eigenvalue weighted by Crippen LogP contribution is -2.53. The van der Waals surface area contributed by atoms with Gasteiger partial charge in [-0.15, -0.1) is 11.3 Å². The quantitative estimate of drug-likeness (QED) is 0.0962. The fraction of sp³-hybridized carbons (Fsp3) is 0.418. The maximum atomic E-state index is 17.1. The molecule has 7 atom stereocenters. The average molecular weight is 1080 g/mol. The number of aromatic amines is 2. The SMILES string of the molecule is COC(=O)N[C@H](C(=O)N1C[C@H](F)C[C@H]1c1ncc(-c2cc(F)c3c(c2)OC(c2cc4ccccc4s2)n2c-3cc3cc(-c4cnc([C@@H]5C[C@@H](F)CN5C(=O)[C@@H](NC(=O)OC)C5CCOCC5)[nH]4)ccc32)[nH]1)C1CCOCC1. The lowest BCUT2D eigenvalue weighted by Gasteiger charge is -2.34. The average Bonchev–Trinajstić information content (AvgIpc) is 4.33.